The van der Waals surface area contributed by atoms with Gasteiger partial charge in [0.2, 0.25) is 0 Å². The van der Waals surface area contributed by atoms with Gasteiger partial charge in [0.1, 0.15) is 5.75 Å². The van der Waals surface area contributed by atoms with E-state index in [-0.39, 0.29) is 11.8 Å². The second-order valence-electron chi connectivity index (χ2n) is 7.96. The Hall–Kier alpha value is -3.19. The number of carbonyl (C=O) groups excluding carboxylic acids is 2. The van der Waals surface area contributed by atoms with E-state index >= 15 is 0 Å². The molecule has 7 heteroatoms. The van der Waals surface area contributed by atoms with Gasteiger partial charge in [-0.2, -0.15) is 4.99 Å². The van der Waals surface area contributed by atoms with E-state index in [4.69, 9.17) is 4.74 Å². The van der Waals surface area contributed by atoms with Crippen LogP contribution in [0.1, 0.15) is 49.7 Å². The van der Waals surface area contributed by atoms with Crippen LogP contribution in [0, 0.1) is 13.8 Å². The van der Waals surface area contributed by atoms with Crippen molar-refractivity contribution in [2.45, 2.75) is 33.2 Å². The Morgan fingerprint density at radius 3 is 2.50 bits per heavy atom. The van der Waals surface area contributed by atoms with Crippen molar-refractivity contribution in [1.82, 2.24) is 9.47 Å². The number of rotatable bonds is 5. The van der Waals surface area contributed by atoms with Crippen molar-refractivity contribution < 1.29 is 14.3 Å². The first-order chi connectivity index (χ1) is 15.5. The molecule has 0 spiro atoms. The third-order valence-corrected chi connectivity index (χ3v) is 6.91. The molecular weight excluding hydrogens is 422 g/mol. The van der Waals surface area contributed by atoms with E-state index in [2.05, 4.69) is 4.99 Å². The van der Waals surface area contributed by atoms with Gasteiger partial charge in [0, 0.05) is 34.8 Å². The molecular formula is C25H27N3O3S. The van der Waals surface area contributed by atoms with E-state index in [9.17, 15) is 9.59 Å². The smallest absolute Gasteiger partial charge is 0.279 e. The monoisotopic (exact) mass is 449 g/mol. The van der Waals surface area contributed by atoms with Crippen LogP contribution in [-0.4, -0.2) is 41.5 Å². The minimum absolute atomic E-state index is 0.0886. The standard InChI is InChI=1S/C25H27N3O3S/c1-17-18(2)32-25(26-23(29)20-9-7-11-22(15-20)31-3)28(17)16-19-8-6-10-21(14-19)24(30)27-12-4-5-13-27/h6-11,14-15H,4-5,12-13,16H2,1-3H3. The zero-order valence-corrected chi connectivity index (χ0v) is 19.4. The molecule has 1 aliphatic rings. The van der Waals surface area contributed by atoms with Crippen LogP contribution in [0.3, 0.4) is 0 Å². The van der Waals surface area contributed by atoms with Gasteiger partial charge in [-0.25, -0.2) is 0 Å². The van der Waals surface area contributed by atoms with Crippen LogP contribution in [-0.2, 0) is 6.54 Å². The number of methoxy groups -OCH3 is 1. The number of hydrogen-bond donors (Lipinski definition) is 0. The summed E-state index contributed by atoms with van der Waals surface area (Å²) in [5.41, 5.74) is 3.26. The summed E-state index contributed by atoms with van der Waals surface area (Å²) in [7, 11) is 1.57. The normalized spacial score (nSPS) is 14.1. The number of aromatic nitrogens is 1. The molecule has 1 aliphatic heterocycles. The number of likely N-dealkylation sites (tertiary alicyclic amines) is 1. The van der Waals surface area contributed by atoms with E-state index in [1.165, 1.54) is 11.3 Å². The summed E-state index contributed by atoms with van der Waals surface area (Å²) < 4.78 is 7.26. The average molecular weight is 450 g/mol. The lowest BCUT2D eigenvalue weighted by Crippen LogP contribution is -2.27. The fourth-order valence-electron chi connectivity index (χ4n) is 3.86. The Balaban J connectivity index is 1.64. The lowest BCUT2D eigenvalue weighted by molar-refractivity contribution is 0.0792. The molecule has 0 atom stereocenters. The van der Waals surface area contributed by atoms with Crippen LogP contribution in [0.4, 0.5) is 0 Å². The number of amides is 2. The van der Waals surface area contributed by atoms with E-state index < -0.39 is 0 Å². The summed E-state index contributed by atoms with van der Waals surface area (Å²) in [6.45, 7) is 6.26. The maximum atomic E-state index is 12.8. The van der Waals surface area contributed by atoms with Gasteiger partial charge < -0.3 is 14.2 Å². The zero-order chi connectivity index (χ0) is 22.7. The number of hydrogen-bond acceptors (Lipinski definition) is 4. The van der Waals surface area contributed by atoms with E-state index in [0.717, 1.165) is 42.1 Å². The Morgan fingerprint density at radius 2 is 1.75 bits per heavy atom. The molecule has 0 unspecified atom stereocenters. The number of ether oxygens (including phenoxy) is 1. The van der Waals surface area contributed by atoms with Crippen molar-refractivity contribution in [3.8, 4) is 5.75 Å². The van der Waals surface area contributed by atoms with Crippen molar-refractivity contribution in [1.29, 1.82) is 0 Å². The summed E-state index contributed by atoms with van der Waals surface area (Å²) >= 11 is 1.49. The first kappa shape index (κ1) is 22.0. The number of thiazole rings is 1. The Bertz CT molecular complexity index is 1220. The van der Waals surface area contributed by atoms with Crippen molar-refractivity contribution >= 4 is 23.2 Å². The SMILES string of the molecule is COc1cccc(C(=O)N=c2sc(C)c(C)n2Cc2cccc(C(=O)N3CCCC3)c2)c1. The molecule has 0 bridgehead atoms. The molecule has 2 amide bonds. The van der Waals surface area contributed by atoms with Gasteiger partial charge in [0.05, 0.1) is 13.7 Å². The summed E-state index contributed by atoms with van der Waals surface area (Å²) in [4.78, 5) is 33.7. The van der Waals surface area contributed by atoms with E-state index in [1.54, 1.807) is 31.4 Å². The molecule has 32 heavy (non-hydrogen) atoms. The molecule has 2 heterocycles. The molecule has 1 fully saturated rings. The van der Waals surface area contributed by atoms with Crippen molar-refractivity contribution in [3.63, 3.8) is 0 Å². The molecule has 0 radical (unpaired) electrons. The summed E-state index contributed by atoms with van der Waals surface area (Å²) in [6.07, 6.45) is 2.14. The number of carbonyl (C=O) groups is 2. The molecule has 0 N–H and O–H groups in total. The van der Waals surface area contributed by atoms with E-state index in [1.807, 2.05) is 47.6 Å². The molecule has 166 valence electrons. The summed E-state index contributed by atoms with van der Waals surface area (Å²) in [6, 6.07) is 14.8. The Labute approximate surface area is 191 Å². The Morgan fingerprint density at radius 1 is 1.03 bits per heavy atom. The predicted octanol–water partition coefficient (Wildman–Crippen LogP) is 4.20. The molecule has 3 aromatic rings. The van der Waals surface area contributed by atoms with Crippen LogP contribution in [0.2, 0.25) is 0 Å². The molecule has 6 nitrogen and oxygen atoms in total. The number of aryl methyl sites for hydroxylation is 1. The van der Waals surface area contributed by atoms with Crippen LogP contribution < -0.4 is 9.54 Å². The second kappa shape index (κ2) is 9.53. The highest BCUT2D eigenvalue weighted by atomic mass is 32.1. The average Bonchev–Trinajstić information content (AvgIpc) is 3.44. The van der Waals surface area contributed by atoms with Crippen LogP contribution in [0.25, 0.3) is 0 Å². The highest BCUT2D eigenvalue weighted by Gasteiger charge is 2.19. The van der Waals surface area contributed by atoms with Crippen LogP contribution >= 0.6 is 11.3 Å². The van der Waals surface area contributed by atoms with Crippen molar-refractivity contribution in [2.75, 3.05) is 20.2 Å². The quantitative estimate of drug-likeness (QED) is 0.586. The molecule has 0 aliphatic carbocycles. The molecule has 2 aromatic carbocycles. The predicted molar refractivity (Wildman–Crippen MR) is 125 cm³/mol. The van der Waals surface area contributed by atoms with Gasteiger partial charge in [0.25, 0.3) is 11.8 Å². The zero-order valence-electron chi connectivity index (χ0n) is 18.6. The van der Waals surface area contributed by atoms with E-state index in [0.29, 0.717) is 28.2 Å². The fraction of sp³-hybridized carbons (Fsp3) is 0.320. The topological polar surface area (TPSA) is 63.9 Å². The third kappa shape index (κ3) is 4.67. The number of nitrogens with zero attached hydrogens (tertiary/aromatic N) is 3. The van der Waals surface area contributed by atoms with Gasteiger partial charge in [-0.15, -0.1) is 11.3 Å². The lowest BCUT2D eigenvalue weighted by atomic mass is 10.1. The lowest BCUT2D eigenvalue weighted by Gasteiger charge is -2.16. The van der Waals surface area contributed by atoms with Gasteiger partial charge in [0.15, 0.2) is 4.80 Å². The van der Waals surface area contributed by atoms with Crippen LogP contribution in [0.5, 0.6) is 5.75 Å². The van der Waals surface area contributed by atoms with Gasteiger partial charge in [-0.3, -0.25) is 9.59 Å². The minimum Gasteiger partial charge on any atom is -0.497 e. The van der Waals surface area contributed by atoms with Crippen molar-refractivity contribution in [3.05, 3.63) is 80.6 Å². The highest BCUT2D eigenvalue weighted by molar-refractivity contribution is 7.09. The van der Waals surface area contributed by atoms with Gasteiger partial charge in [-0.05, 0) is 62.6 Å². The highest BCUT2D eigenvalue weighted by Crippen LogP contribution is 2.17. The van der Waals surface area contributed by atoms with Crippen molar-refractivity contribution in [2.24, 2.45) is 4.99 Å². The fourth-order valence-corrected chi connectivity index (χ4v) is 4.84. The summed E-state index contributed by atoms with van der Waals surface area (Å²) in [5, 5.41) is 0. The first-order valence-electron chi connectivity index (χ1n) is 10.7. The first-order valence-corrected chi connectivity index (χ1v) is 11.6. The Kier molecular flexibility index (Phi) is 6.55. The maximum Gasteiger partial charge on any atom is 0.279 e. The number of benzene rings is 2. The second-order valence-corrected chi connectivity index (χ2v) is 9.14. The molecule has 4 rings (SSSR count). The maximum absolute atomic E-state index is 12.8. The molecule has 1 saturated heterocycles. The van der Waals surface area contributed by atoms with Gasteiger partial charge in [-0.1, -0.05) is 18.2 Å². The summed E-state index contributed by atoms with van der Waals surface area (Å²) in [5.74, 6) is 0.402. The largest absolute Gasteiger partial charge is 0.497 e. The third-order valence-electron chi connectivity index (χ3n) is 5.81. The molecule has 0 saturated carbocycles. The van der Waals surface area contributed by atoms with Crippen LogP contribution in [0.15, 0.2) is 53.5 Å². The van der Waals surface area contributed by atoms with Gasteiger partial charge >= 0.3 is 0 Å². The minimum atomic E-state index is -0.308. The molecule has 1 aromatic heterocycles.